The lowest BCUT2D eigenvalue weighted by Crippen LogP contribution is -2.37. The van der Waals surface area contributed by atoms with Crippen molar-refractivity contribution in [2.45, 2.75) is 88.7 Å². The molecule has 1 aromatic heterocycles. The maximum absolute atomic E-state index is 12.5. The molecule has 0 amide bonds. The molecule has 1 aromatic rings. The lowest BCUT2D eigenvalue weighted by Gasteiger charge is -2.26. The van der Waals surface area contributed by atoms with E-state index in [4.69, 9.17) is 18.7 Å². The Kier molecular flexibility index (Phi) is 10.7. The number of rotatable bonds is 12. The first-order valence-electron chi connectivity index (χ1n) is 12.5. The van der Waals surface area contributed by atoms with Crippen LogP contribution in [-0.4, -0.2) is 61.5 Å². The number of hydrogen-bond acceptors (Lipinski definition) is 11. The van der Waals surface area contributed by atoms with E-state index in [1.54, 1.807) is 22.6 Å². The monoisotopic (exact) mass is 745 g/mol. The topological polar surface area (TPSA) is 234 Å². The van der Waals surface area contributed by atoms with E-state index in [2.05, 4.69) is 18.7 Å². The van der Waals surface area contributed by atoms with E-state index in [0.717, 1.165) is 23.8 Å². The van der Waals surface area contributed by atoms with Crippen LogP contribution in [0.5, 0.6) is 0 Å². The Labute approximate surface area is 241 Å². The highest BCUT2D eigenvalue weighted by molar-refractivity contribution is 14.1. The van der Waals surface area contributed by atoms with Crippen molar-refractivity contribution in [3.8, 4) is 0 Å². The van der Waals surface area contributed by atoms with Gasteiger partial charge >= 0.3 is 29.1 Å². The molecule has 3 aliphatic rings. The van der Waals surface area contributed by atoms with Gasteiger partial charge in [-0.2, -0.15) is 8.62 Å². The molecular formula is C19H31IN3O14P3. The van der Waals surface area contributed by atoms with Gasteiger partial charge in [-0.3, -0.25) is 18.9 Å². The van der Waals surface area contributed by atoms with E-state index in [-0.39, 0.29) is 3.57 Å². The Bertz CT molecular complexity index is 1320. The first-order valence-corrected chi connectivity index (χ1v) is 18.1. The maximum atomic E-state index is 12.5. The number of fused-ring (bicyclic) bond motifs is 1. The molecule has 21 heteroatoms. The lowest BCUT2D eigenvalue weighted by molar-refractivity contribution is -0.153. The largest absolute Gasteiger partial charge is 0.489 e. The molecule has 8 atom stereocenters. The third-order valence-corrected chi connectivity index (χ3v) is 11.7. The third-order valence-electron chi connectivity index (χ3n) is 6.40. The summed E-state index contributed by atoms with van der Waals surface area (Å²) in [4.78, 5) is 56.4. The molecule has 1 aliphatic carbocycles. The van der Waals surface area contributed by atoms with Crippen molar-refractivity contribution in [2.75, 3.05) is 6.61 Å². The minimum absolute atomic E-state index is 0.187. The fourth-order valence-corrected chi connectivity index (χ4v) is 9.16. The van der Waals surface area contributed by atoms with Crippen molar-refractivity contribution in [3.63, 3.8) is 0 Å². The summed E-state index contributed by atoms with van der Waals surface area (Å²) in [6.45, 7) is 1.16. The molecule has 0 spiro atoms. The smallest absolute Gasteiger partial charge is 0.346 e. The van der Waals surface area contributed by atoms with Crippen LogP contribution in [-0.2, 0) is 41.1 Å². The summed E-state index contributed by atoms with van der Waals surface area (Å²) in [6, 6.07) is -0.439. The van der Waals surface area contributed by atoms with Crippen LogP contribution in [0.15, 0.2) is 15.8 Å². The third kappa shape index (κ3) is 8.41. The van der Waals surface area contributed by atoms with E-state index in [1.165, 1.54) is 6.20 Å². The number of aromatic nitrogens is 2. The molecule has 3 heterocycles. The molecule has 40 heavy (non-hydrogen) atoms. The fraction of sp³-hybridized carbons (Fsp3) is 0.789. The number of halogens is 1. The molecule has 8 unspecified atom stereocenters. The summed E-state index contributed by atoms with van der Waals surface area (Å²) in [5, 5.41) is 2.25. The average molecular weight is 745 g/mol. The molecule has 2 aliphatic heterocycles. The zero-order valence-corrected chi connectivity index (χ0v) is 26.0. The molecule has 0 radical (unpaired) electrons. The first-order chi connectivity index (χ1) is 18.7. The van der Waals surface area contributed by atoms with E-state index in [0.29, 0.717) is 25.7 Å². The maximum Gasteiger partial charge on any atom is 0.489 e. The second kappa shape index (κ2) is 13.1. The van der Waals surface area contributed by atoms with Gasteiger partial charge in [0, 0.05) is 12.2 Å². The van der Waals surface area contributed by atoms with Gasteiger partial charge in [0.15, 0.2) is 12.5 Å². The van der Waals surface area contributed by atoms with Gasteiger partial charge in [-0.1, -0.05) is 32.6 Å². The molecule has 228 valence electrons. The Morgan fingerprint density at radius 1 is 1.05 bits per heavy atom. The number of aromatic amines is 1. The summed E-state index contributed by atoms with van der Waals surface area (Å²) in [6.07, 6.45) is 1.39. The summed E-state index contributed by atoms with van der Waals surface area (Å²) in [7, 11) is -15.8. The van der Waals surface area contributed by atoms with Crippen LogP contribution >= 0.6 is 46.0 Å². The Balaban J connectivity index is 1.42. The summed E-state index contributed by atoms with van der Waals surface area (Å²) < 4.78 is 69.3. The van der Waals surface area contributed by atoms with Crippen LogP contribution in [0.2, 0.25) is 0 Å². The van der Waals surface area contributed by atoms with Crippen molar-refractivity contribution >= 4 is 46.0 Å². The van der Waals surface area contributed by atoms with Gasteiger partial charge < -0.3 is 28.9 Å². The molecular weight excluding hydrogens is 714 g/mol. The minimum atomic E-state index is -5.57. The molecule has 0 bridgehead atoms. The van der Waals surface area contributed by atoms with Gasteiger partial charge in [0.1, 0.15) is 18.3 Å². The number of H-pyrrole nitrogens is 1. The van der Waals surface area contributed by atoms with Crippen LogP contribution < -0.4 is 16.3 Å². The van der Waals surface area contributed by atoms with E-state index in [1.807, 2.05) is 6.92 Å². The molecule has 5 N–H and O–H groups in total. The number of nitrogens with zero attached hydrogens (tertiary/aromatic N) is 1. The second-order valence-corrected chi connectivity index (χ2v) is 15.4. The second-order valence-electron chi connectivity index (χ2n) is 9.51. The van der Waals surface area contributed by atoms with E-state index >= 15 is 0 Å². The van der Waals surface area contributed by atoms with Gasteiger partial charge in [0.25, 0.3) is 5.56 Å². The van der Waals surface area contributed by atoms with Gasteiger partial charge in [-0.25, -0.2) is 23.6 Å². The summed E-state index contributed by atoms with van der Waals surface area (Å²) in [5.41, 5.74) is -1.39. The van der Waals surface area contributed by atoms with Crippen molar-refractivity contribution in [1.82, 2.24) is 14.6 Å². The quantitative estimate of drug-likeness (QED) is 0.152. The number of phosphoric acid groups is 2. The predicted molar refractivity (Wildman–Crippen MR) is 144 cm³/mol. The zero-order chi connectivity index (χ0) is 29.3. The van der Waals surface area contributed by atoms with Gasteiger partial charge in [-0.15, -0.1) is 0 Å². The van der Waals surface area contributed by atoms with Crippen LogP contribution in [0.4, 0.5) is 0 Å². The highest BCUT2D eigenvalue weighted by Gasteiger charge is 2.54. The van der Waals surface area contributed by atoms with E-state index < -0.39 is 78.1 Å². The van der Waals surface area contributed by atoms with Gasteiger partial charge in [0.2, 0.25) is 0 Å². The predicted octanol–water partition coefficient (Wildman–Crippen LogP) is 2.22. The summed E-state index contributed by atoms with van der Waals surface area (Å²) >= 11 is 1.73. The number of ether oxygens (including phenoxy) is 3. The Morgan fingerprint density at radius 3 is 2.40 bits per heavy atom. The zero-order valence-electron chi connectivity index (χ0n) is 21.2. The number of phosphoric ester groups is 1. The Morgan fingerprint density at radius 2 is 1.73 bits per heavy atom. The highest BCUT2D eigenvalue weighted by atomic mass is 127. The Hall–Kier alpha value is -0.300. The van der Waals surface area contributed by atoms with Crippen LogP contribution in [0, 0.1) is 3.57 Å². The first kappa shape index (κ1) is 32.6. The fourth-order valence-electron chi connectivity index (χ4n) is 4.74. The van der Waals surface area contributed by atoms with Gasteiger partial charge in [0.05, 0.1) is 10.2 Å². The highest BCUT2D eigenvalue weighted by Crippen LogP contribution is 2.66. The molecule has 2 saturated heterocycles. The van der Waals surface area contributed by atoms with E-state index in [9.17, 15) is 38.0 Å². The molecule has 0 aromatic carbocycles. The minimum Gasteiger partial charge on any atom is -0.346 e. The molecule has 3 fully saturated rings. The lowest BCUT2D eigenvalue weighted by atomic mass is 9.96. The van der Waals surface area contributed by atoms with Crippen molar-refractivity contribution < 1.29 is 55.7 Å². The van der Waals surface area contributed by atoms with Crippen LogP contribution in [0.3, 0.4) is 0 Å². The van der Waals surface area contributed by atoms with Crippen molar-refractivity contribution in [2.24, 2.45) is 0 Å². The normalized spacial score (nSPS) is 31.8. The molecule has 4 rings (SSSR count). The average Bonchev–Trinajstić information content (AvgIpc) is 3.38. The van der Waals surface area contributed by atoms with Crippen molar-refractivity contribution in [1.29, 1.82) is 0 Å². The SMILES string of the molecule is CCCC1OC2C(COP(=O)(O)OP(=O)(O)OP(=O)(O)NC3CCCCC3)OC(n3cc(I)c(=O)[nH]c3=O)C2O1. The van der Waals surface area contributed by atoms with Gasteiger partial charge in [-0.05, 0) is 41.9 Å². The van der Waals surface area contributed by atoms with Crippen LogP contribution in [0.1, 0.15) is 58.1 Å². The number of hydrogen-bond donors (Lipinski definition) is 5. The van der Waals surface area contributed by atoms with Crippen molar-refractivity contribution in [3.05, 3.63) is 30.6 Å². The van der Waals surface area contributed by atoms with Crippen LogP contribution in [0.25, 0.3) is 0 Å². The molecule has 17 nitrogen and oxygen atoms in total. The molecule has 1 saturated carbocycles. The number of nitrogens with one attached hydrogen (secondary N) is 2. The summed E-state index contributed by atoms with van der Waals surface area (Å²) in [5.74, 6) is 0. The standard InChI is InChI=1S/C19H31IN3O14P3/c1-2-6-14-34-15-13(33-18(16(15)35-14)23-9-12(20)17(24)21-19(23)25)10-32-39(28,29)37-40(30,31)36-38(26,27)22-11-7-4-3-5-8-11/h9,11,13-16,18H,2-8,10H2,1H3,(H,28,29)(H,30,31)(H,21,24,25)(H2,22,26,27).